The maximum Gasteiger partial charge on any atom is 0.326 e. The van der Waals surface area contributed by atoms with Crippen LogP contribution >= 0.6 is 0 Å². The maximum atomic E-state index is 12.2. The molecule has 0 aliphatic carbocycles. The number of carboxylic acids is 1. The monoisotopic (exact) mass is 281 g/mol. The van der Waals surface area contributed by atoms with Crippen molar-refractivity contribution in [1.29, 1.82) is 0 Å². The second-order valence-corrected chi connectivity index (χ2v) is 4.33. The van der Waals surface area contributed by atoms with Crippen LogP contribution in [0.4, 0.5) is 0 Å². The number of nitrogens with zero attached hydrogens (tertiary/aromatic N) is 1. The van der Waals surface area contributed by atoms with E-state index in [1.165, 1.54) is 0 Å². The lowest BCUT2D eigenvalue weighted by Gasteiger charge is -2.14. The first-order chi connectivity index (χ1) is 9.46. The molecule has 0 radical (unpaired) electrons. The molecule has 1 unspecified atom stereocenters. The van der Waals surface area contributed by atoms with Crippen LogP contribution in [0.5, 0.6) is 0 Å². The third-order valence-corrected chi connectivity index (χ3v) is 3.10. The largest absolute Gasteiger partial charge is 0.480 e. The number of nitrogens with one attached hydrogen (secondary N) is 2. The molecule has 110 valence electrons. The summed E-state index contributed by atoms with van der Waals surface area (Å²) < 4.78 is 0. The number of aromatic amines is 1. The fraction of sp³-hybridized carbons (Fsp3) is 0.538. The topological polar surface area (TPSA) is 112 Å². The predicted octanol–water partition coefficient (Wildman–Crippen LogP) is 0.488. The molecule has 0 bridgehead atoms. The summed E-state index contributed by atoms with van der Waals surface area (Å²) in [5, 5.41) is 17.5. The van der Waals surface area contributed by atoms with Crippen LogP contribution in [-0.2, 0) is 17.6 Å². The molecule has 0 aromatic carbocycles. The summed E-state index contributed by atoms with van der Waals surface area (Å²) in [5.74, 6) is -1.80. The number of carbonyl (C=O) groups is 2. The molecule has 20 heavy (non-hydrogen) atoms. The first kappa shape index (κ1) is 15.9. The number of aliphatic carboxylic acids is 1. The number of aryl methyl sites for hydroxylation is 1. The Morgan fingerprint density at radius 2 is 1.95 bits per heavy atom. The van der Waals surface area contributed by atoms with Crippen molar-refractivity contribution in [3.63, 3.8) is 0 Å². The van der Waals surface area contributed by atoms with Crippen molar-refractivity contribution in [3.8, 4) is 0 Å². The standard InChI is InChI=1S/C13H19N3O4/c1-4-7-8(5-2)15-16-12(18)10(7)11(17)14-9(6-3)13(19)20/h9H,4-6H2,1-3H3,(H,14,17)(H,16,18)(H,19,20). The van der Waals surface area contributed by atoms with Crippen molar-refractivity contribution in [2.24, 2.45) is 0 Å². The van der Waals surface area contributed by atoms with Gasteiger partial charge in [-0.25, -0.2) is 9.89 Å². The van der Waals surface area contributed by atoms with Gasteiger partial charge in [-0.15, -0.1) is 0 Å². The molecule has 3 N–H and O–H groups in total. The van der Waals surface area contributed by atoms with Gasteiger partial charge in [0.05, 0.1) is 5.69 Å². The van der Waals surface area contributed by atoms with Crippen LogP contribution in [0.3, 0.4) is 0 Å². The van der Waals surface area contributed by atoms with E-state index in [0.717, 1.165) is 0 Å². The number of amides is 1. The van der Waals surface area contributed by atoms with E-state index in [1.54, 1.807) is 6.92 Å². The summed E-state index contributed by atoms with van der Waals surface area (Å²) in [6, 6.07) is -1.01. The minimum absolute atomic E-state index is 0.0425. The fourth-order valence-electron chi connectivity index (χ4n) is 2.01. The highest BCUT2D eigenvalue weighted by Crippen LogP contribution is 2.10. The van der Waals surface area contributed by atoms with E-state index in [2.05, 4.69) is 15.5 Å². The van der Waals surface area contributed by atoms with Gasteiger partial charge in [0, 0.05) is 0 Å². The number of H-pyrrole nitrogens is 1. The molecule has 7 nitrogen and oxygen atoms in total. The second kappa shape index (κ2) is 6.83. The van der Waals surface area contributed by atoms with Crippen LogP contribution in [0, 0.1) is 0 Å². The summed E-state index contributed by atoms with van der Waals surface area (Å²) in [5.41, 5.74) is 0.561. The molecule has 0 saturated carbocycles. The quantitative estimate of drug-likeness (QED) is 0.702. The van der Waals surface area contributed by atoms with Crippen molar-refractivity contribution in [2.45, 2.75) is 46.1 Å². The van der Waals surface area contributed by atoms with Gasteiger partial charge in [0.2, 0.25) is 0 Å². The van der Waals surface area contributed by atoms with Gasteiger partial charge in [-0.05, 0) is 24.8 Å². The Morgan fingerprint density at radius 3 is 2.40 bits per heavy atom. The number of carboxylic acid groups (broad SMARTS) is 1. The van der Waals surface area contributed by atoms with E-state index in [-0.39, 0.29) is 12.0 Å². The molecule has 0 spiro atoms. The Hall–Kier alpha value is -2.18. The van der Waals surface area contributed by atoms with Gasteiger partial charge in [0.1, 0.15) is 11.6 Å². The minimum Gasteiger partial charge on any atom is -0.480 e. The SMILES string of the molecule is CCc1n[nH]c(=O)c(C(=O)NC(CC)C(=O)O)c1CC. The molecule has 7 heteroatoms. The number of hydrogen-bond donors (Lipinski definition) is 3. The van der Waals surface area contributed by atoms with E-state index in [4.69, 9.17) is 5.11 Å². The van der Waals surface area contributed by atoms with E-state index in [1.807, 2.05) is 13.8 Å². The lowest BCUT2D eigenvalue weighted by Crippen LogP contribution is -2.43. The Kier molecular flexibility index (Phi) is 5.42. The van der Waals surface area contributed by atoms with E-state index in [9.17, 15) is 14.4 Å². The van der Waals surface area contributed by atoms with Gasteiger partial charge in [-0.3, -0.25) is 9.59 Å². The minimum atomic E-state index is -1.12. The van der Waals surface area contributed by atoms with E-state index in [0.29, 0.717) is 24.1 Å². The van der Waals surface area contributed by atoms with Crippen LogP contribution in [0.1, 0.15) is 48.8 Å². The molecular weight excluding hydrogens is 262 g/mol. The average Bonchev–Trinajstić information content (AvgIpc) is 2.43. The second-order valence-electron chi connectivity index (χ2n) is 4.33. The number of hydrogen-bond acceptors (Lipinski definition) is 4. The van der Waals surface area contributed by atoms with Crippen molar-refractivity contribution in [1.82, 2.24) is 15.5 Å². The normalized spacial score (nSPS) is 11.9. The zero-order chi connectivity index (χ0) is 15.3. The highest BCUT2D eigenvalue weighted by atomic mass is 16.4. The zero-order valence-electron chi connectivity index (χ0n) is 11.8. The summed E-state index contributed by atoms with van der Waals surface area (Å²) >= 11 is 0. The first-order valence-electron chi connectivity index (χ1n) is 6.60. The van der Waals surface area contributed by atoms with Crippen LogP contribution < -0.4 is 10.9 Å². The molecular formula is C13H19N3O4. The summed E-state index contributed by atoms with van der Waals surface area (Å²) in [6.07, 6.45) is 1.30. The Bertz CT molecular complexity index is 565. The molecule has 0 saturated heterocycles. The molecule has 0 fully saturated rings. The van der Waals surface area contributed by atoms with Gasteiger partial charge in [-0.1, -0.05) is 20.8 Å². The van der Waals surface area contributed by atoms with Gasteiger partial charge >= 0.3 is 5.97 Å². The van der Waals surface area contributed by atoms with E-state index >= 15 is 0 Å². The summed E-state index contributed by atoms with van der Waals surface area (Å²) in [6.45, 7) is 5.34. The smallest absolute Gasteiger partial charge is 0.326 e. The van der Waals surface area contributed by atoms with Gasteiger partial charge in [0.15, 0.2) is 0 Å². The van der Waals surface area contributed by atoms with E-state index < -0.39 is 23.5 Å². The van der Waals surface area contributed by atoms with Crippen LogP contribution in [-0.4, -0.2) is 33.2 Å². The van der Waals surface area contributed by atoms with Crippen molar-refractivity contribution in [2.75, 3.05) is 0 Å². The first-order valence-corrected chi connectivity index (χ1v) is 6.60. The molecule has 1 amide bonds. The molecule has 0 aliphatic heterocycles. The van der Waals surface area contributed by atoms with Crippen LogP contribution in [0.15, 0.2) is 4.79 Å². The van der Waals surface area contributed by atoms with Crippen LogP contribution in [0.25, 0.3) is 0 Å². The average molecular weight is 281 g/mol. The Morgan fingerprint density at radius 1 is 1.30 bits per heavy atom. The highest BCUT2D eigenvalue weighted by molar-refractivity contribution is 5.97. The summed E-state index contributed by atoms with van der Waals surface area (Å²) in [7, 11) is 0. The lowest BCUT2D eigenvalue weighted by atomic mass is 10.0. The van der Waals surface area contributed by atoms with Crippen molar-refractivity contribution in [3.05, 3.63) is 27.2 Å². The third kappa shape index (κ3) is 3.23. The summed E-state index contributed by atoms with van der Waals surface area (Å²) in [4.78, 5) is 34.9. The lowest BCUT2D eigenvalue weighted by molar-refractivity contribution is -0.139. The molecule has 1 aromatic rings. The van der Waals surface area contributed by atoms with Crippen molar-refractivity contribution >= 4 is 11.9 Å². The molecule has 0 aliphatic rings. The zero-order valence-corrected chi connectivity index (χ0v) is 11.8. The van der Waals surface area contributed by atoms with Gasteiger partial charge < -0.3 is 10.4 Å². The van der Waals surface area contributed by atoms with Crippen molar-refractivity contribution < 1.29 is 14.7 Å². The predicted molar refractivity (Wildman–Crippen MR) is 72.8 cm³/mol. The maximum absolute atomic E-state index is 12.2. The van der Waals surface area contributed by atoms with Crippen LogP contribution in [0.2, 0.25) is 0 Å². The molecule has 1 atom stereocenters. The highest BCUT2D eigenvalue weighted by Gasteiger charge is 2.23. The molecule has 1 rings (SSSR count). The number of aromatic nitrogens is 2. The number of carbonyl (C=O) groups excluding carboxylic acids is 1. The molecule has 1 heterocycles. The Labute approximate surface area is 116 Å². The van der Waals surface area contributed by atoms with Gasteiger partial charge in [0.25, 0.3) is 11.5 Å². The Balaban J connectivity index is 3.21. The van der Waals surface area contributed by atoms with Gasteiger partial charge in [-0.2, -0.15) is 5.10 Å². The molecule has 1 aromatic heterocycles. The fourth-order valence-corrected chi connectivity index (χ4v) is 2.01. The number of rotatable bonds is 6. The third-order valence-electron chi connectivity index (χ3n) is 3.10.